The van der Waals surface area contributed by atoms with Gasteiger partial charge in [0.05, 0.1) is 16.5 Å². The average Bonchev–Trinajstić information content (AvgIpc) is 2.76. The van der Waals surface area contributed by atoms with Gasteiger partial charge in [0, 0.05) is 13.1 Å². The molecule has 6 nitrogen and oxygen atoms in total. The Morgan fingerprint density at radius 2 is 1.97 bits per heavy atom. The van der Waals surface area contributed by atoms with E-state index < -0.39 is 0 Å². The van der Waals surface area contributed by atoms with Crippen molar-refractivity contribution >= 4 is 11.0 Å². The van der Waals surface area contributed by atoms with Crippen LogP contribution in [0.3, 0.4) is 0 Å². The fourth-order valence-electron chi connectivity index (χ4n) is 4.46. The molecule has 3 heterocycles. The van der Waals surface area contributed by atoms with Gasteiger partial charge in [0.1, 0.15) is 30.8 Å². The van der Waals surface area contributed by atoms with E-state index in [2.05, 4.69) is 11.8 Å². The lowest BCUT2D eigenvalue weighted by Crippen LogP contribution is -2.33. The fourth-order valence-corrected chi connectivity index (χ4v) is 4.46. The molecule has 0 spiro atoms. The summed E-state index contributed by atoms with van der Waals surface area (Å²) < 4.78 is 17.2. The molecule has 156 valence electrons. The maximum Gasteiger partial charge on any atom is 0.200 e. The number of aromatic hydroxyl groups is 1. The summed E-state index contributed by atoms with van der Waals surface area (Å²) in [7, 11) is 0. The lowest BCUT2D eigenvalue weighted by molar-refractivity contribution is 0.171. The van der Waals surface area contributed by atoms with Crippen molar-refractivity contribution < 1.29 is 19.0 Å². The molecule has 0 unspecified atom stereocenters. The maximum absolute atomic E-state index is 13.3. The van der Waals surface area contributed by atoms with E-state index >= 15 is 0 Å². The first-order valence-electron chi connectivity index (χ1n) is 10.5. The molecule has 0 radical (unpaired) electrons. The number of phenolic OH excluding ortho intramolecular Hbond substituents is 1. The molecule has 1 fully saturated rings. The summed E-state index contributed by atoms with van der Waals surface area (Å²) in [5, 5.41) is 11.0. The van der Waals surface area contributed by atoms with Gasteiger partial charge in [0.2, 0.25) is 5.43 Å². The summed E-state index contributed by atoms with van der Waals surface area (Å²) in [5.74, 6) is 2.10. The Kier molecular flexibility index (Phi) is 4.87. The Morgan fingerprint density at radius 1 is 1.13 bits per heavy atom. The molecule has 5 rings (SSSR count). The number of likely N-dealkylation sites (tertiary alicyclic amines) is 1. The van der Waals surface area contributed by atoms with Crippen LogP contribution in [0.15, 0.2) is 45.8 Å². The van der Waals surface area contributed by atoms with Crippen LogP contribution in [-0.4, -0.2) is 36.3 Å². The highest BCUT2D eigenvalue weighted by Crippen LogP contribution is 2.35. The van der Waals surface area contributed by atoms with Crippen LogP contribution in [0.25, 0.3) is 22.1 Å². The number of piperidine rings is 1. The average molecular weight is 407 g/mol. The lowest BCUT2D eigenvalue weighted by atomic mass is 9.99. The van der Waals surface area contributed by atoms with Gasteiger partial charge in [0.25, 0.3) is 0 Å². The third-order valence-electron chi connectivity index (χ3n) is 6.00. The van der Waals surface area contributed by atoms with Crippen molar-refractivity contribution in [1.82, 2.24) is 4.90 Å². The van der Waals surface area contributed by atoms with Crippen LogP contribution in [0.1, 0.15) is 25.3 Å². The first kappa shape index (κ1) is 19.0. The highest BCUT2D eigenvalue weighted by Gasteiger charge is 2.21. The molecule has 30 heavy (non-hydrogen) atoms. The van der Waals surface area contributed by atoms with Crippen molar-refractivity contribution in [3.05, 3.63) is 52.4 Å². The molecule has 2 aliphatic heterocycles. The second-order valence-corrected chi connectivity index (χ2v) is 8.26. The first-order chi connectivity index (χ1) is 14.6. The summed E-state index contributed by atoms with van der Waals surface area (Å²) in [6.45, 7) is 5.79. The molecule has 6 heteroatoms. The summed E-state index contributed by atoms with van der Waals surface area (Å²) in [6, 6.07) is 8.69. The summed E-state index contributed by atoms with van der Waals surface area (Å²) in [4.78, 5) is 15.6. The zero-order valence-corrected chi connectivity index (χ0v) is 17.0. The van der Waals surface area contributed by atoms with Gasteiger partial charge in [-0.15, -0.1) is 0 Å². The minimum atomic E-state index is -0.124. The van der Waals surface area contributed by atoms with Crippen molar-refractivity contribution in [2.45, 2.75) is 26.3 Å². The molecule has 3 aromatic rings. The van der Waals surface area contributed by atoms with Gasteiger partial charge in [-0.1, -0.05) is 13.0 Å². The van der Waals surface area contributed by atoms with Crippen LogP contribution in [0.4, 0.5) is 0 Å². The van der Waals surface area contributed by atoms with Crippen LogP contribution < -0.4 is 14.9 Å². The predicted octanol–water partition coefficient (Wildman–Crippen LogP) is 4.17. The highest BCUT2D eigenvalue weighted by atomic mass is 16.6. The standard InChI is InChI=1S/C24H25NO5/c1-15-3-2-8-25(12-15)13-18-20(26)6-5-17-23(27)19(14-30-24(17)18)16-4-7-21-22(11-16)29-10-9-28-21/h4-7,11,14-15,26H,2-3,8-10,12-13H2,1H3/t15-/m1/s1. The molecule has 0 amide bonds. The van der Waals surface area contributed by atoms with Gasteiger partial charge < -0.3 is 19.0 Å². The Labute approximate surface area is 174 Å². The lowest BCUT2D eigenvalue weighted by Gasteiger charge is -2.31. The van der Waals surface area contributed by atoms with Gasteiger partial charge in [-0.25, -0.2) is 0 Å². The van der Waals surface area contributed by atoms with Gasteiger partial charge in [-0.3, -0.25) is 9.69 Å². The summed E-state index contributed by atoms with van der Waals surface area (Å²) in [6.07, 6.45) is 3.86. The SMILES string of the molecule is C[C@@H]1CCCN(Cc2c(O)ccc3c(=O)c(-c4ccc5c(c4)OCCO5)coc23)C1. The number of fused-ring (bicyclic) bond motifs is 2. The maximum atomic E-state index is 13.3. The number of nitrogens with zero attached hydrogens (tertiary/aromatic N) is 1. The van der Waals surface area contributed by atoms with Crippen molar-refractivity contribution in [2.24, 2.45) is 5.92 Å². The molecule has 0 saturated carbocycles. The largest absolute Gasteiger partial charge is 0.507 e. The van der Waals surface area contributed by atoms with E-state index in [9.17, 15) is 9.90 Å². The number of hydrogen-bond donors (Lipinski definition) is 1. The topological polar surface area (TPSA) is 72.1 Å². The molecule has 2 aliphatic rings. The Balaban J connectivity index is 1.55. The van der Waals surface area contributed by atoms with E-state index in [-0.39, 0.29) is 11.2 Å². The van der Waals surface area contributed by atoms with E-state index in [0.29, 0.717) is 59.3 Å². The number of phenols is 1. The molecular formula is C24H25NO5. The van der Waals surface area contributed by atoms with Gasteiger partial charge in [-0.2, -0.15) is 0 Å². The van der Waals surface area contributed by atoms with Crippen LogP contribution in [0.5, 0.6) is 17.2 Å². The zero-order valence-electron chi connectivity index (χ0n) is 17.0. The van der Waals surface area contributed by atoms with E-state index in [1.807, 2.05) is 18.2 Å². The summed E-state index contributed by atoms with van der Waals surface area (Å²) in [5.41, 5.74) is 2.19. The molecule has 1 N–H and O–H groups in total. The zero-order chi connectivity index (χ0) is 20.7. The smallest absolute Gasteiger partial charge is 0.200 e. The molecular weight excluding hydrogens is 382 g/mol. The predicted molar refractivity (Wildman–Crippen MR) is 114 cm³/mol. The van der Waals surface area contributed by atoms with Crippen LogP contribution >= 0.6 is 0 Å². The minimum absolute atomic E-state index is 0.124. The number of hydrogen-bond acceptors (Lipinski definition) is 6. The number of ether oxygens (including phenoxy) is 2. The number of benzene rings is 2. The van der Waals surface area contributed by atoms with Crippen LogP contribution in [0, 0.1) is 5.92 Å². The monoisotopic (exact) mass is 407 g/mol. The van der Waals surface area contributed by atoms with Crippen LogP contribution in [-0.2, 0) is 6.54 Å². The third kappa shape index (κ3) is 3.41. The second kappa shape index (κ2) is 7.69. The Bertz CT molecular complexity index is 1150. The van der Waals surface area contributed by atoms with E-state index in [0.717, 1.165) is 25.1 Å². The molecule has 0 aliphatic carbocycles. The van der Waals surface area contributed by atoms with Crippen molar-refractivity contribution in [3.8, 4) is 28.4 Å². The van der Waals surface area contributed by atoms with Crippen molar-refractivity contribution in [1.29, 1.82) is 0 Å². The third-order valence-corrected chi connectivity index (χ3v) is 6.00. The molecule has 1 atom stereocenters. The minimum Gasteiger partial charge on any atom is -0.507 e. The van der Waals surface area contributed by atoms with E-state index in [1.54, 1.807) is 12.1 Å². The van der Waals surface area contributed by atoms with Gasteiger partial charge in [0.15, 0.2) is 11.5 Å². The van der Waals surface area contributed by atoms with Gasteiger partial charge in [-0.05, 0) is 55.1 Å². The molecule has 1 saturated heterocycles. The van der Waals surface area contributed by atoms with Crippen LogP contribution in [0.2, 0.25) is 0 Å². The quantitative estimate of drug-likeness (QED) is 0.703. The van der Waals surface area contributed by atoms with E-state index in [4.69, 9.17) is 13.9 Å². The molecule has 0 bridgehead atoms. The van der Waals surface area contributed by atoms with E-state index in [1.165, 1.54) is 12.7 Å². The number of rotatable bonds is 3. The van der Waals surface area contributed by atoms with Crippen molar-refractivity contribution in [2.75, 3.05) is 26.3 Å². The fraction of sp³-hybridized carbons (Fsp3) is 0.375. The Morgan fingerprint density at radius 3 is 2.80 bits per heavy atom. The van der Waals surface area contributed by atoms with Crippen molar-refractivity contribution in [3.63, 3.8) is 0 Å². The normalized spacial score (nSPS) is 19.2. The second-order valence-electron chi connectivity index (χ2n) is 8.26. The van der Waals surface area contributed by atoms with Gasteiger partial charge >= 0.3 is 0 Å². The highest BCUT2D eigenvalue weighted by molar-refractivity contribution is 5.86. The summed E-state index contributed by atoms with van der Waals surface area (Å²) >= 11 is 0. The molecule has 2 aromatic carbocycles. The molecule has 1 aromatic heterocycles. The first-order valence-corrected chi connectivity index (χ1v) is 10.5. The Hall–Kier alpha value is -2.99.